The normalized spacial score (nSPS) is 18.8. The summed E-state index contributed by atoms with van der Waals surface area (Å²) in [4.78, 5) is 32.1. The van der Waals surface area contributed by atoms with E-state index in [1.54, 1.807) is 6.33 Å². The molecule has 33 heavy (non-hydrogen) atoms. The minimum atomic E-state index is -0.0518. The van der Waals surface area contributed by atoms with Crippen LogP contribution in [0.1, 0.15) is 56.0 Å². The summed E-state index contributed by atoms with van der Waals surface area (Å²) >= 11 is 0. The van der Waals surface area contributed by atoms with E-state index in [9.17, 15) is 4.79 Å². The maximum Gasteiger partial charge on any atom is 0.231 e. The molecule has 1 fully saturated rings. The fraction of sp³-hybridized carbons (Fsp3) is 0.538. The number of imidazole rings is 1. The first kappa shape index (κ1) is 21.9. The van der Waals surface area contributed by atoms with Crippen LogP contribution in [-0.2, 0) is 17.8 Å². The van der Waals surface area contributed by atoms with Crippen molar-refractivity contribution in [2.75, 3.05) is 29.4 Å². The number of hydrogen-bond acceptors (Lipinski definition) is 5. The average Bonchev–Trinajstić information content (AvgIpc) is 3.02. The Morgan fingerprint density at radius 1 is 1.12 bits per heavy atom. The van der Waals surface area contributed by atoms with E-state index in [4.69, 9.17) is 4.98 Å². The number of carbonyl (C=O) groups is 1. The molecule has 0 N–H and O–H groups in total. The van der Waals surface area contributed by atoms with Crippen LogP contribution in [0.25, 0.3) is 11.2 Å². The summed E-state index contributed by atoms with van der Waals surface area (Å²) in [5, 5.41) is 0. The number of amides is 1. The number of hydrogen-bond donors (Lipinski definition) is 0. The van der Waals surface area contributed by atoms with Gasteiger partial charge >= 0.3 is 0 Å². The topological polar surface area (TPSA) is 67.2 Å². The quantitative estimate of drug-likeness (QED) is 0.593. The number of anilines is 2. The predicted molar refractivity (Wildman–Crippen MR) is 132 cm³/mol. The molecule has 2 aliphatic heterocycles. The monoisotopic (exact) mass is 446 g/mol. The molecular formula is C26H34N6O. The summed E-state index contributed by atoms with van der Waals surface area (Å²) in [7, 11) is 0. The Kier molecular flexibility index (Phi) is 6.04. The van der Waals surface area contributed by atoms with E-state index in [0.717, 1.165) is 66.4 Å². The standard InChI is InChI=1S/C26H34N6O/c1-4-31(21-15-18(2)11-12-19(21)3)26(33)20-9-8-13-30(16-20)24-23-25(28-17-27-24)32-14-7-5-6-10-22(32)29-23/h11-12,15,17,20H,4-10,13-14,16H2,1-3H3/t20-/m0/s1. The van der Waals surface area contributed by atoms with Gasteiger partial charge in [0, 0.05) is 38.3 Å². The molecule has 1 amide bonds. The molecule has 2 aromatic heterocycles. The first-order valence-electron chi connectivity index (χ1n) is 12.4. The molecule has 7 nitrogen and oxygen atoms in total. The summed E-state index contributed by atoms with van der Waals surface area (Å²) < 4.78 is 2.28. The van der Waals surface area contributed by atoms with Crippen LogP contribution in [0.3, 0.4) is 0 Å². The van der Waals surface area contributed by atoms with Gasteiger partial charge in [0.1, 0.15) is 12.2 Å². The summed E-state index contributed by atoms with van der Waals surface area (Å²) in [6, 6.07) is 6.34. The molecule has 174 valence electrons. The van der Waals surface area contributed by atoms with Gasteiger partial charge < -0.3 is 14.4 Å². The lowest BCUT2D eigenvalue weighted by molar-refractivity contribution is -0.122. The van der Waals surface area contributed by atoms with E-state index in [0.29, 0.717) is 13.1 Å². The van der Waals surface area contributed by atoms with Crippen LogP contribution >= 0.6 is 0 Å². The Bertz CT molecular complexity index is 1170. The lowest BCUT2D eigenvalue weighted by Crippen LogP contribution is -2.45. The van der Waals surface area contributed by atoms with Crippen molar-refractivity contribution in [2.24, 2.45) is 5.92 Å². The Labute approximate surface area is 195 Å². The maximum atomic E-state index is 13.7. The zero-order valence-electron chi connectivity index (χ0n) is 20.0. The number of aryl methyl sites for hydroxylation is 4. The predicted octanol–water partition coefficient (Wildman–Crippen LogP) is 4.44. The largest absolute Gasteiger partial charge is 0.354 e. The van der Waals surface area contributed by atoms with Crippen molar-refractivity contribution in [1.82, 2.24) is 19.5 Å². The number of fused-ring (bicyclic) bond motifs is 3. The van der Waals surface area contributed by atoms with Gasteiger partial charge in [-0.2, -0.15) is 0 Å². The molecule has 0 aliphatic carbocycles. The van der Waals surface area contributed by atoms with Crippen molar-refractivity contribution >= 4 is 28.6 Å². The second-order valence-electron chi connectivity index (χ2n) is 9.52. The Balaban J connectivity index is 1.42. The van der Waals surface area contributed by atoms with E-state index in [1.807, 2.05) is 4.90 Å². The van der Waals surface area contributed by atoms with Crippen molar-refractivity contribution in [3.63, 3.8) is 0 Å². The van der Waals surface area contributed by atoms with Crippen molar-refractivity contribution in [3.8, 4) is 0 Å². The number of nitrogens with zero attached hydrogens (tertiary/aromatic N) is 6. The number of aromatic nitrogens is 4. The van der Waals surface area contributed by atoms with Crippen LogP contribution in [0, 0.1) is 19.8 Å². The van der Waals surface area contributed by atoms with Crippen LogP contribution in [-0.4, -0.2) is 45.1 Å². The van der Waals surface area contributed by atoms with E-state index < -0.39 is 0 Å². The SMILES string of the molecule is CCN(C(=O)[C@H]1CCCN(c2ncnc3c2nc2n3CCCCC2)C1)c1cc(C)ccc1C. The fourth-order valence-electron chi connectivity index (χ4n) is 5.40. The van der Waals surface area contributed by atoms with Gasteiger partial charge in [0.05, 0.1) is 5.92 Å². The second kappa shape index (κ2) is 9.12. The smallest absolute Gasteiger partial charge is 0.231 e. The van der Waals surface area contributed by atoms with Gasteiger partial charge in [-0.15, -0.1) is 0 Å². The second-order valence-corrected chi connectivity index (χ2v) is 9.52. The van der Waals surface area contributed by atoms with Gasteiger partial charge in [-0.25, -0.2) is 15.0 Å². The molecule has 4 heterocycles. The minimum Gasteiger partial charge on any atom is -0.354 e. The molecule has 1 atom stereocenters. The molecule has 0 saturated carbocycles. The number of carbonyl (C=O) groups excluding carboxylic acids is 1. The molecule has 7 heteroatoms. The van der Waals surface area contributed by atoms with Gasteiger partial charge in [0.15, 0.2) is 17.0 Å². The van der Waals surface area contributed by atoms with Crippen molar-refractivity contribution < 1.29 is 4.79 Å². The third kappa shape index (κ3) is 4.09. The zero-order chi connectivity index (χ0) is 22.9. The first-order valence-corrected chi connectivity index (χ1v) is 12.4. The maximum absolute atomic E-state index is 13.7. The molecule has 0 spiro atoms. The van der Waals surface area contributed by atoms with Crippen LogP contribution < -0.4 is 9.80 Å². The first-order chi connectivity index (χ1) is 16.1. The van der Waals surface area contributed by atoms with Gasteiger partial charge in [0.25, 0.3) is 0 Å². The molecular weight excluding hydrogens is 412 g/mol. The minimum absolute atomic E-state index is 0.0518. The number of rotatable bonds is 4. The third-order valence-electron chi connectivity index (χ3n) is 7.18. The molecule has 1 aromatic carbocycles. The van der Waals surface area contributed by atoms with E-state index in [2.05, 4.69) is 58.4 Å². The van der Waals surface area contributed by atoms with E-state index >= 15 is 0 Å². The fourth-order valence-corrected chi connectivity index (χ4v) is 5.40. The van der Waals surface area contributed by atoms with Crippen molar-refractivity contribution in [3.05, 3.63) is 41.5 Å². The summed E-state index contributed by atoms with van der Waals surface area (Å²) in [5.74, 6) is 2.17. The van der Waals surface area contributed by atoms with Gasteiger partial charge in [-0.05, 0) is 63.6 Å². The van der Waals surface area contributed by atoms with Gasteiger partial charge in [-0.3, -0.25) is 4.79 Å². The van der Waals surface area contributed by atoms with Crippen LogP contribution in [0.15, 0.2) is 24.5 Å². The third-order valence-corrected chi connectivity index (χ3v) is 7.18. The Hall–Kier alpha value is -2.96. The zero-order valence-corrected chi connectivity index (χ0v) is 20.0. The van der Waals surface area contributed by atoms with Crippen LogP contribution in [0.5, 0.6) is 0 Å². The molecule has 0 unspecified atom stereocenters. The highest BCUT2D eigenvalue weighted by Crippen LogP contribution is 2.31. The lowest BCUT2D eigenvalue weighted by atomic mass is 9.95. The average molecular weight is 447 g/mol. The summed E-state index contributed by atoms with van der Waals surface area (Å²) in [5.41, 5.74) is 5.18. The highest BCUT2D eigenvalue weighted by Gasteiger charge is 2.32. The summed E-state index contributed by atoms with van der Waals surface area (Å²) in [6.07, 6.45) is 8.13. The van der Waals surface area contributed by atoms with Crippen LogP contribution in [0.2, 0.25) is 0 Å². The van der Waals surface area contributed by atoms with E-state index in [1.165, 1.54) is 24.8 Å². The molecule has 3 aromatic rings. The lowest BCUT2D eigenvalue weighted by Gasteiger charge is -2.35. The van der Waals surface area contributed by atoms with Crippen molar-refractivity contribution in [1.29, 1.82) is 0 Å². The molecule has 0 radical (unpaired) electrons. The number of benzene rings is 1. The van der Waals surface area contributed by atoms with E-state index in [-0.39, 0.29) is 11.8 Å². The highest BCUT2D eigenvalue weighted by molar-refractivity contribution is 5.96. The molecule has 1 saturated heterocycles. The number of piperidine rings is 1. The van der Waals surface area contributed by atoms with Gasteiger partial charge in [-0.1, -0.05) is 18.6 Å². The van der Waals surface area contributed by atoms with Crippen LogP contribution in [0.4, 0.5) is 11.5 Å². The summed E-state index contributed by atoms with van der Waals surface area (Å²) in [6.45, 7) is 9.44. The Morgan fingerprint density at radius 2 is 2.00 bits per heavy atom. The highest BCUT2D eigenvalue weighted by atomic mass is 16.2. The van der Waals surface area contributed by atoms with Crippen molar-refractivity contribution in [2.45, 2.75) is 65.8 Å². The molecule has 0 bridgehead atoms. The molecule has 2 aliphatic rings. The van der Waals surface area contributed by atoms with Gasteiger partial charge in [0.2, 0.25) is 5.91 Å². The molecule has 5 rings (SSSR count). The Morgan fingerprint density at radius 3 is 2.85 bits per heavy atom.